The van der Waals surface area contributed by atoms with E-state index in [0.29, 0.717) is 5.91 Å². The molecule has 0 unspecified atom stereocenters. The maximum absolute atomic E-state index is 12.8. The number of nitrogens with zero attached hydrogens (tertiary/aromatic N) is 2. The Kier molecular flexibility index (Phi) is 5.51. The summed E-state index contributed by atoms with van der Waals surface area (Å²) in [5.41, 5.74) is 1.08. The Morgan fingerprint density at radius 2 is 1.84 bits per heavy atom. The minimum Gasteiger partial charge on any atom is -0.497 e. The molecule has 0 radical (unpaired) electrons. The molecule has 0 aromatic heterocycles. The number of allylic oxidation sites excluding steroid dienone is 2. The van der Waals surface area contributed by atoms with E-state index in [1.807, 2.05) is 30.1 Å². The third kappa shape index (κ3) is 3.91. The smallest absolute Gasteiger partial charge is 0.226 e. The molecule has 25 heavy (non-hydrogen) atoms. The Bertz CT molecular complexity index is 622. The molecule has 5 nitrogen and oxygen atoms in total. The van der Waals surface area contributed by atoms with Gasteiger partial charge in [0, 0.05) is 49.9 Å². The summed E-state index contributed by atoms with van der Waals surface area (Å²) in [5, 5.41) is 0. The second kappa shape index (κ2) is 7.81. The molecule has 0 N–H and O–H groups in total. The van der Waals surface area contributed by atoms with E-state index in [9.17, 15) is 4.79 Å². The molecule has 136 valence electrons. The maximum atomic E-state index is 12.8. The van der Waals surface area contributed by atoms with Gasteiger partial charge < -0.3 is 19.3 Å². The Morgan fingerprint density at radius 3 is 2.44 bits per heavy atom. The summed E-state index contributed by atoms with van der Waals surface area (Å²) in [5.74, 6) is 2.02. The number of methoxy groups -OCH3 is 2. The summed E-state index contributed by atoms with van der Waals surface area (Å²) in [4.78, 5) is 17.0. The minimum atomic E-state index is 0.154. The fraction of sp³-hybridized carbons (Fsp3) is 0.550. The second-order valence-electron chi connectivity index (χ2n) is 6.89. The van der Waals surface area contributed by atoms with Crippen LogP contribution in [0.25, 0.3) is 0 Å². The topological polar surface area (TPSA) is 42.0 Å². The normalized spacial score (nSPS) is 22.8. The van der Waals surface area contributed by atoms with E-state index >= 15 is 0 Å². The lowest BCUT2D eigenvalue weighted by Gasteiger charge is -2.29. The van der Waals surface area contributed by atoms with Gasteiger partial charge in [0.25, 0.3) is 0 Å². The van der Waals surface area contributed by atoms with Crippen molar-refractivity contribution in [3.63, 3.8) is 0 Å². The summed E-state index contributed by atoms with van der Waals surface area (Å²) >= 11 is 0. The predicted molar refractivity (Wildman–Crippen MR) is 99.4 cm³/mol. The lowest BCUT2D eigenvalue weighted by Crippen LogP contribution is -2.42. The molecule has 1 aliphatic carbocycles. The highest BCUT2D eigenvalue weighted by Gasteiger charge is 2.32. The molecular weight excluding hydrogens is 316 g/mol. The summed E-state index contributed by atoms with van der Waals surface area (Å²) in [6.45, 7) is 1.78. The molecule has 1 fully saturated rings. The van der Waals surface area contributed by atoms with Crippen molar-refractivity contribution >= 4 is 11.6 Å². The molecule has 1 saturated heterocycles. The molecular formula is C20H28N2O3. The van der Waals surface area contributed by atoms with Crippen molar-refractivity contribution < 1.29 is 14.3 Å². The van der Waals surface area contributed by atoms with Crippen LogP contribution in [0.4, 0.5) is 5.69 Å². The number of carbonyl (C=O) groups excluding carboxylic acids is 1. The number of ether oxygens (including phenoxy) is 2. The highest BCUT2D eigenvalue weighted by Crippen LogP contribution is 2.31. The largest absolute Gasteiger partial charge is 0.497 e. The SMILES string of the molecule is COc1cc(OC)cc(N2CC[C@H](N(C)C(=O)[C@H]3CC=CCC3)C2)c1. The first-order chi connectivity index (χ1) is 12.1. The van der Waals surface area contributed by atoms with Crippen molar-refractivity contribution in [2.24, 2.45) is 5.92 Å². The van der Waals surface area contributed by atoms with E-state index < -0.39 is 0 Å². The van der Waals surface area contributed by atoms with E-state index in [2.05, 4.69) is 17.1 Å². The first kappa shape index (κ1) is 17.6. The van der Waals surface area contributed by atoms with Gasteiger partial charge in [-0.2, -0.15) is 0 Å². The molecule has 0 saturated carbocycles. The molecule has 1 aliphatic heterocycles. The Hall–Kier alpha value is -2.17. The number of benzene rings is 1. The van der Waals surface area contributed by atoms with Crippen molar-refractivity contribution in [3.05, 3.63) is 30.4 Å². The fourth-order valence-corrected chi connectivity index (χ4v) is 3.75. The van der Waals surface area contributed by atoms with Gasteiger partial charge in [0.05, 0.1) is 20.3 Å². The van der Waals surface area contributed by atoms with Gasteiger partial charge in [-0.3, -0.25) is 4.79 Å². The summed E-state index contributed by atoms with van der Waals surface area (Å²) < 4.78 is 10.7. The standard InChI is InChI=1S/C20H28N2O3/c1-21(20(23)15-7-5-4-6-8-15)16-9-10-22(14-16)17-11-18(24-2)13-19(12-17)25-3/h4-5,11-13,15-16H,6-10,14H2,1-3H3/t15-,16-/m0/s1. The first-order valence-electron chi connectivity index (χ1n) is 9.02. The van der Waals surface area contributed by atoms with Gasteiger partial charge in [0.15, 0.2) is 0 Å². The van der Waals surface area contributed by atoms with Crippen LogP contribution in [-0.2, 0) is 4.79 Å². The zero-order chi connectivity index (χ0) is 17.8. The van der Waals surface area contributed by atoms with Crippen molar-refractivity contribution in [3.8, 4) is 11.5 Å². The Labute approximate surface area is 150 Å². The van der Waals surface area contributed by atoms with Crippen LogP contribution >= 0.6 is 0 Å². The number of carbonyl (C=O) groups is 1. The number of hydrogen-bond acceptors (Lipinski definition) is 4. The third-order valence-corrected chi connectivity index (χ3v) is 5.38. The monoisotopic (exact) mass is 344 g/mol. The van der Waals surface area contributed by atoms with E-state index in [-0.39, 0.29) is 12.0 Å². The van der Waals surface area contributed by atoms with Crippen LogP contribution in [0.1, 0.15) is 25.7 Å². The quantitative estimate of drug-likeness (QED) is 0.770. The molecule has 3 rings (SSSR count). The highest BCUT2D eigenvalue weighted by atomic mass is 16.5. The fourth-order valence-electron chi connectivity index (χ4n) is 3.75. The molecule has 0 bridgehead atoms. The van der Waals surface area contributed by atoms with Crippen molar-refractivity contribution in [2.75, 3.05) is 39.3 Å². The zero-order valence-electron chi connectivity index (χ0n) is 15.4. The predicted octanol–water partition coefficient (Wildman–Crippen LogP) is 3.10. The lowest BCUT2D eigenvalue weighted by atomic mass is 9.93. The molecule has 0 spiro atoms. The average molecular weight is 344 g/mol. The maximum Gasteiger partial charge on any atom is 0.226 e. The third-order valence-electron chi connectivity index (χ3n) is 5.38. The van der Waals surface area contributed by atoms with E-state index in [0.717, 1.165) is 56.0 Å². The van der Waals surface area contributed by atoms with Crippen LogP contribution in [0, 0.1) is 5.92 Å². The van der Waals surface area contributed by atoms with Gasteiger partial charge in [0.2, 0.25) is 5.91 Å². The number of anilines is 1. The van der Waals surface area contributed by atoms with Gasteiger partial charge in [-0.25, -0.2) is 0 Å². The van der Waals surface area contributed by atoms with E-state index in [4.69, 9.17) is 9.47 Å². The second-order valence-corrected chi connectivity index (χ2v) is 6.89. The van der Waals surface area contributed by atoms with E-state index in [1.165, 1.54) is 0 Å². The number of amides is 1. The van der Waals surface area contributed by atoms with Crippen LogP contribution in [0.2, 0.25) is 0 Å². The molecule has 2 atom stereocenters. The Morgan fingerprint density at radius 1 is 1.12 bits per heavy atom. The summed E-state index contributed by atoms with van der Waals surface area (Å²) in [7, 11) is 5.29. The van der Waals surface area contributed by atoms with Crippen molar-refractivity contribution in [1.82, 2.24) is 4.90 Å². The zero-order valence-corrected chi connectivity index (χ0v) is 15.4. The molecule has 5 heteroatoms. The average Bonchev–Trinajstić information content (AvgIpc) is 3.17. The van der Waals surface area contributed by atoms with Crippen LogP contribution < -0.4 is 14.4 Å². The molecule has 1 aromatic carbocycles. The summed E-state index contributed by atoms with van der Waals surface area (Å²) in [6.07, 6.45) is 8.19. The van der Waals surface area contributed by atoms with Gasteiger partial charge in [-0.1, -0.05) is 12.2 Å². The van der Waals surface area contributed by atoms with E-state index in [1.54, 1.807) is 14.2 Å². The van der Waals surface area contributed by atoms with Gasteiger partial charge >= 0.3 is 0 Å². The number of likely N-dealkylation sites (N-methyl/N-ethyl adjacent to an activating group) is 1. The number of hydrogen-bond donors (Lipinski definition) is 0. The lowest BCUT2D eigenvalue weighted by molar-refractivity contribution is -0.136. The Balaban J connectivity index is 1.66. The highest BCUT2D eigenvalue weighted by molar-refractivity contribution is 5.79. The van der Waals surface area contributed by atoms with Crippen LogP contribution in [-0.4, -0.2) is 51.2 Å². The van der Waals surface area contributed by atoms with Crippen LogP contribution in [0.3, 0.4) is 0 Å². The summed E-state index contributed by atoms with van der Waals surface area (Å²) in [6, 6.07) is 6.19. The van der Waals surface area contributed by atoms with Gasteiger partial charge in [-0.05, 0) is 25.7 Å². The van der Waals surface area contributed by atoms with Crippen molar-refractivity contribution in [1.29, 1.82) is 0 Å². The molecule has 2 aliphatic rings. The van der Waals surface area contributed by atoms with Gasteiger partial charge in [-0.15, -0.1) is 0 Å². The van der Waals surface area contributed by atoms with Crippen molar-refractivity contribution in [2.45, 2.75) is 31.7 Å². The van der Waals surface area contributed by atoms with Crippen LogP contribution in [0.15, 0.2) is 30.4 Å². The van der Waals surface area contributed by atoms with Gasteiger partial charge in [0.1, 0.15) is 11.5 Å². The molecule has 1 aromatic rings. The van der Waals surface area contributed by atoms with Crippen LogP contribution in [0.5, 0.6) is 11.5 Å². The first-order valence-corrected chi connectivity index (χ1v) is 9.02. The minimum absolute atomic E-state index is 0.154. The molecule has 1 heterocycles. The number of rotatable bonds is 5. The molecule has 1 amide bonds.